The molecule has 0 saturated carbocycles. The highest BCUT2D eigenvalue weighted by Gasteiger charge is 2.07. The third-order valence-corrected chi connectivity index (χ3v) is 4.17. The Balaban J connectivity index is 1.52. The summed E-state index contributed by atoms with van der Waals surface area (Å²) in [7, 11) is 0. The number of carbonyl (C=O) groups is 1. The molecule has 3 aromatic rings. The zero-order valence-corrected chi connectivity index (χ0v) is 15.2. The maximum Gasteiger partial charge on any atom is 0.256 e. The minimum Gasteiger partial charge on any atom is -0.383 e. The second-order valence-electron chi connectivity index (χ2n) is 5.56. The van der Waals surface area contributed by atoms with Crippen LogP contribution in [0.1, 0.15) is 15.9 Å². The van der Waals surface area contributed by atoms with Gasteiger partial charge in [0.25, 0.3) is 5.91 Å². The van der Waals surface area contributed by atoms with E-state index in [1.807, 2.05) is 36.4 Å². The Morgan fingerprint density at radius 3 is 2.56 bits per heavy atom. The smallest absolute Gasteiger partial charge is 0.256 e. The maximum atomic E-state index is 12.2. The molecule has 1 aromatic heterocycles. The molecule has 0 aliphatic rings. The van der Waals surface area contributed by atoms with Gasteiger partial charge < -0.3 is 10.6 Å². The van der Waals surface area contributed by atoms with Crippen molar-refractivity contribution < 1.29 is 4.79 Å². The fraction of sp³-hybridized carbons (Fsp3) is 0.100. The van der Waals surface area contributed by atoms with E-state index in [0.29, 0.717) is 11.4 Å². The Hall–Kier alpha value is -2.66. The summed E-state index contributed by atoms with van der Waals surface area (Å²) in [4.78, 5) is 16.5. The summed E-state index contributed by atoms with van der Waals surface area (Å²) in [5.74, 6) is 0.345. The summed E-state index contributed by atoms with van der Waals surface area (Å²) in [5.41, 5.74) is 2.80. The SMILES string of the molecule is O=C(Nc1ccc(NCCc2ccccc2)cn1)c1cccc(Br)c1. The zero-order chi connectivity index (χ0) is 17.5. The molecule has 2 aromatic carbocycles. The first-order valence-electron chi connectivity index (χ1n) is 8.01. The van der Waals surface area contributed by atoms with Crippen LogP contribution in [0, 0.1) is 0 Å². The molecule has 0 atom stereocenters. The highest BCUT2D eigenvalue weighted by molar-refractivity contribution is 9.10. The van der Waals surface area contributed by atoms with Gasteiger partial charge in [-0.05, 0) is 42.3 Å². The molecule has 1 heterocycles. The molecule has 0 aliphatic carbocycles. The van der Waals surface area contributed by atoms with Gasteiger partial charge in [0.15, 0.2) is 0 Å². The zero-order valence-electron chi connectivity index (χ0n) is 13.6. The topological polar surface area (TPSA) is 54.0 Å². The van der Waals surface area contributed by atoms with E-state index in [0.717, 1.165) is 23.1 Å². The van der Waals surface area contributed by atoms with Crippen LogP contribution in [0.2, 0.25) is 0 Å². The Labute approximate surface area is 155 Å². The molecule has 2 N–H and O–H groups in total. The quantitative estimate of drug-likeness (QED) is 0.632. The predicted octanol–water partition coefficient (Wildman–Crippen LogP) is 4.75. The fourth-order valence-corrected chi connectivity index (χ4v) is 2.79. The van der Waals surface area contributed by atoms with Gasteiger partial charge in [-0.3, -0.25) is 4.79 Å². The van der Waals surface area contributed by atoms with E-state index in [2.05, 4.69) is 43.7 Å². The average molecular weight is 396 g/mol. The van der Waals surface area contributed by atoms with Crippen LogP contribution in [0.3, 0.4) is 0 Å². The molecule has 0 bridgehead atoms. The number of carbonyl (C=O) groups excluding carboxylic acids is 1. The van der Waals surface area contributed by atoms with Gasteiger partial charge in [-0.1, -0.05) is 52.3 Å². The largest absolute Gasteiger partial charge is 0.383 e. The van der Waals surface area contributed by atoms with Crippen molar-refractivity contribution in [3.63, 3.8) is 0 Å². The summed E-state index contributed by atoms with van der Waals surface area (Å²) >= 11 is 3.36. The first kappa shape index (κ1) is 17.2. The van der Waals surface area contributed by atoms with E-state index in [4.69, 9.17) is 0 Å². The molecule has 1 amide bonds. The van der Waals surface area contributed by atoms with Crippen molar-refractivity contribution in [2.45, 2.75) is 6.42 Å². The standard InChI is InChI=1S/C20H18BrN3O/c21-17-8-4-7-16(13-17)20(25)24-19-10-9-18(14-23-19)22-12-11-15-5-2-1-3-6-15/h1-10,13-14,22H,11-12H2,(H,23,24,25). The molecule has 25 heavy (non-hydrogen) atoms. The predicted molar refractivity (Wildman–Crippen MR) is 105 cm³/mol. The second kappa shape index (κ2) is 8.44. The Kier molecular flexibility index (Phi) is 5.80. The number of pyridine rings is 1. The molecule has 0 fully saturated rings. The summed E-state index contributed by atoms with van der Waals surface area (Å²) in [6, 6.07) is 21.3. The van der Waals surface area contributed by atoms with Crippen LogP contribution >= 0.6 is 15.9 Å². The average Bonchev–Trinajstić information content (AvgIpc) is 2.64. The van der Waals surface area contributed by atoms with Crippen molar-refractivity contribution in [3.05, 3.63) is 88.5 Å². The summed E-state index contributed by atoms with van der Waals surface area (Å²) in [6.45, 7) is 0.829. The molecule has 0 aliphatic heterocycles. The maximum absolute atomic E-state index is 12.2. The van der Waals surface area contributed by atoms with Gasteiger partial charge in [0.2, 0.25) is 0 Å². The van der Waals surface area contributed by atoms with E-state index in [-0.39, 0.29) is 5.91 Å². The highest BCUT2D eigenvalue weighted by atomic mass is 79.9. The van der Waals surface area contributed by atoms with Gasteiger partial charge in [-0.15, -0.1) is 0 Å². The van der Waals surface area contributed by atoms with Crippen molar-refractivity contribution in [2.24, 2.45) is 0 Å². The fourth-order valence-electron chi connectivity index (χ4n) is 2.39. The molecular weight excluding hydrogens is 378 g/mol. The molecule has 126 valence electrons. The molecule has 0 unspecified atom stereocenters. The Morgan fingerprint density at radius 2 is 1.84 bits per heavy atom. The molecule has 0 radical (unpaired) electrons. The first-order valence-corrected chi connectivity index (χ1v) is 8.81. The molecule has 4 nitrogen and oxygen atoms in total. The number of hydrogen-bond acceptors (Lipinski definition) is 3. The third kappa shape index (κ3) is 5.16. The van der Waals surface area contributed by atoms with Crippen LogP contribution in [0.15, 0.2) is 77.4 Å². The van der Waals surface area contributed by atoms with E-state index in [9.17, 15) is 4.79 Å². The number of hydrogen-bond donors (Lipinski definition) is 2. The van der Waals surface area contributed by atoms with Crippen LogP contribution in [0.5, 0.6) is 0 Å². The minimum atomic E-state index is -0.182. The number of nitrogens with one attached hydrogen (secondary N) is 2. The summed E-state index contributed by atoms with van der Waals surface area (Å²) in [6.07, 6.45) is 2.67. The third-order valence-electron chi connectivity index (χ3n) is 3.68. The van der Waals surface area contributed by atoms with E-state index < -0.39 is 0 Å². The molecule has 0 spiro atoms. The number of aromatic nitrogens is 1. The molecular formula is C20H18BrN3O. The van der Waals surface area contributed by atoms with E-state index in [1.165, 1.54) is 5.56 Å². The summed E-state index contributed by atoms with van der Waals surface area (Å²) in [5, 5.41) is 6.13. The molecule has 3 rings (SSSR count). The van der Waals surface area contributed by atoms with Crippen molar-refractivity contribution in [1.82, 2.24) is 4.98 Å². The van der Waals surface area contributed by atoms with Crippen molar-refractivity contribution in [3.8, 4) is 0 Å². The Bertz CT molecular complexity index is 835. The minimum absolute atomic E-state index is 0.182. The number of benzene rings is 2. The Morgan fingerprint density at radius 1 is 1.00 bits per heavy atom. The number of rotatable bonds is 6. The van der Waals surface area contributed by atoms with Crippen LogP contribution in [0.4, 0.5) is 11.5 Å². The van der Waals surface area contributed by atoms with Crippen LogP contribution in [-0.2, 0) is 6.42 Å². The number of anilines is 2. The van der Waals surface area contributed by atoms with Gasteiger partial charge in [0, 0.05) is 16.6 Å². The van der Waals surface area contributed by atoms with Gasteiger partial charge in [-0.25, -0.2) is 4.98 Å². The van der Waals surface area contributed by atoms with Crippen LogP contribution < -0.4 is 10.6 Å². The van der Waals surface area contributed by atoms with Gasteiger partial charge in [-0.2, -0.15) is 0 Å². The van der Waals surface area contributed by atoms with Gasteiger partial charge >= 0.3 is 0 Å². The normalized spacial score (nSPS) is 10.3. The molecule has 0 saturated heterocycles. The van der Waals surface area contributed by atoms with Crippen LogP contribution in [0.25, 0.3) is 0 Å². The monoisotopic (exact) mass is 395 g/mol. The van der Waals surface area contributed by atoms with E-state index >= 15 is 0 Å². The van der Waals surface area contributed by atoms with Crippen molar-refractivity contribution in [1.29, 1.82) is 0 Å². The lowest BCUT2D eigenvalue weighted by Crippen LogP contribution is -2.13. The van der Waals surface area contributed by atoms with Gasteiger partial charge in [0.05, 0.1) is 11.9 Å². The number of amides is 1. The van der Waals surface area contributed by atoms with Crippen molar-refractivity contribution >= 4 is 33.3 Å². The molecule has 5 heteroatoms. The van der Waals surface area contributed by atoms with Gasteiger partial charge in [0.1, 0.15) is 5.82 Å². The number of nitrogens with zero attached hydrogens (tertiary/aromatic N) is 1. The lowest BCUT2D eigenvalue weighted by molar-refractivity contribution is 0.102. The van der Waals surface area contributed by atoms with Crippen LogP contribution in [-0.4, -0.2) is 17.4 Å². The lowest BCUT2D eigenvalue weighted by Gasteiger charge is -2.08. The number of halogens is 1. The first-order chi connectivity index (χ1) is 12.2. The van der Waals surface area contributed by atoms with E-state index in [1.54, 1.807) is 24.4 Å². The lowest BCUT2D eigenvalue weighted by atomic mass is 10.1. The summed E-state index contributed by atoms with van der Waals surface area (Å²) < 4.78 is 0.867. The van der Waals surface area contributed by atoms with Crippen molar-refractivity contribution in [2.75, 3.05) is 17.2 Å². The second-order valence-corrected chi connectivity index (χ2v) is 6.47. The highest BCUT2D eigenvalue weighted by Crippen LogP contribution is 2.14.